The number of rotatable bonds is 5. The summed E-state index contributed by atoms with van der Waals surface area (Å²) >= 11 is 0.858. The van der Waals surface area contributed by atoms with Gasteiger partial charge in [-0.25, -0.2) is 4.79 Å². The van der Waals surface area contributed by atoms with Crippen LogP contribution in [0.2, 0.25) is 0 Å². The molecule has 2 amide bonds. The minimum absolute atomic E-state index is 0.106. The molecule has 0 aromatic heterocycles. The maximum Gasteiger partial charge on any atom is 0.329 e. The number of aryl methyl sites for hydroxylation is 1. The maximum absolute atomic E-state index is 12.9. The van der Waals surface area contributed by atoms with E-state index in [0.29, 0.717) is 10.9 Å². The van der Waals surface area contributed by atoms with Crippen molar-refractivity contribution in [3.8, 4) is 0 Å². The van der Waals surface area contributed by atoms with E-state index in [-0.39, 0.29) is 12.1 Å². The number of fused-ring (bicyclic) bond motifs is 1. The number of nitrogens with zero attached hydrogens (tertiary/aromatic N) is 2. The number of thioether (sulfide) groups is 1. The molecule has 0 radical (unpaired) electrons. The van der Waals surface area contributed by atoms with Crippen molar-refractivity contribution in [1.29, 1.82) is 0 Å². The van der Waals surface area contributed by atoms with Gasteiger partial charge in [0.2, 0.25) is 0 Å². The summed E-state index contributed by atoms with van der Waals surface area (Å²) in [4.78, 5) is 41.2. The third-order valence-electron chi connectivity index (χ3n) is 5.90. The van der Waals surface area contributed by atoms with Gasteiger partial charge in [-0.05, 0) is 102 Å². The first-order chi connectivity index (χ1) is 14.9. The number of carbonyl (C=O) groups is 3. The van der Waals surface area contributed by atoms with Crippen LogP contribution < -0.4 is 4.90 Å². The van der Waals surface area contributed by atoms with Crippen LogP contribution in [0.15, 0.2) is 23.1 Å². The number of hydrogen-bond acceptors (Lipinski definition) is 6. The molecule has 2 aliphatic rings. The zero-order valence-corrected chi connectivity index (χ0v) is 20.9. The molecule has 0 aliphatic carbocycles. The van der Waals surface area contributed by atoms with Crippen molar-refractivity contribution >= 4 is 46.2 Å². The summed E-state index contributed by atoms with van der Waals surface area (Å²) in [5.41, 5.74) is 5.27. The highest BCUT2D eigenvalue weighted by Gasteiger charge is 2.41. The van der Waals surface area contributed by atoms with Crippen molar-refractivity contribution < 1.29 is 19.1 Å². The Labute approximate surface area is 194 Å². The summed E-state index contributed by atoms with van der Waals surface area (Å²) in [5.74, 6) is -1.05. The fourth-order valence-corrected chi connectivity index (χ4v) is 5.53. The number of imide groups is 1. The topological polar surface area (TPSA) is 66.9 Å². The van der Waals surface area contributed by atoms with Gasteiger partial charge in [-0.2, -0.15) is 0 Å². The van der Waals surface area contributed by atoms with Crippen LogP contribution >= 0.6 is 11.8 Å². The van der Waals surface area contributed by atoms with Gasteiger partial charge in [0.05, 0.1) is 17.1 Å². The molecule has 1 saturated heterocycles. The smallest absolute Gasteiger partial charge is 0.329 e. The second-order valence-electron chi connectivity index (χ2n) is 9.15. The van der Waals surface area contributed by atoms with Gasteiger partial charge in [-0.15, -0.1) is 0 Å². The molecule has 1 aromatic rings. The summed E-state index contributed by atoms with van der Waals surface area (Å²) < 4.78 is 4.98. The van der Waals surface area contributed by atoms with Crippen LogP contribution in [0.25, 0.3) is 11.6 Å². The van der Waals surface area contributed by atoms with Gasteiger partial charge in [0.15, 0.2) is 0 Å². The lowest BCUT2D eigenvalue weighted by Gasteiger charge is -2.46. The lowest BCUT2D eigenvalue weighted by atomic mass is 9.86. The van der Waals surface area contributed by atoms with Crippen molar-refractivity contribution in [1.82, 2.24) is 4.90 Å². The zero-order chi connectivity index (χ0) is 24.0. The molecule has 0 spiro atoms. The lowest BCUT2D eigenvalue weighted by Crippen LogP contribution is -2.49. The normalized spacial score (nSPS) is 20.0. The van der Waals surface area contributed by atoms with E-state index in [1.165, 1.54) is 18.2 Å². The highest BCUT2D eigenvalue weighted by molar-refractivity contribution is 8.18. The Morgan fingerprint density at radius 2 is 1.84 bits per heavy atom. The minimum Gasteiger partial charge on any atom is -0.464 e. The molecule has 32 heavy (non-hydrogen) atoms. The predicted molar refractivity (Wildman–Crippen MR) is 130 cm³/mol. The first-order valence-corrected chi connectivity index (χ1v) is 11.8. The minimum atomic E-state index is -0.954. The first-order valence-electron chi connectivity index (χ1n) is 11.0. The Hall–Kier alpha value is -2.54. The summed E-state index contributed by atoms with van der Waals surface area (Å²) in [6.45, 7) is 16.3. The van der Waals surface area contributed by atoms with Gasteiger partial charge in [-0.3, -0.25) is 14.5 Å². The Morgan fingerprint density at radius 1 is 1.19 bits per heavy atom. The van der Waals surface area contributed by atoms with Crippen LogP contribution in [0.5, 0.6) is 0 Å². The van der Waals surface area contributed by atoms with Gasteiger partial charge >= 0.3 is 5.97 Å². The van der Waals surface area contributed by atoms with E-state index < -0.39 is 23.2 Å². The molecule has 7 heteroatoms. The second-order valence-corrected chi connectivity index (χ2v) is 10.1. The fourth-order valence-electron chi connectivity index (χ4n) is 4.63. The third-order valence-corrected chi connectivity index (χ3v) is 6.78. The second kappa shape index (κ2) is 8.77. The molecule has 172 valence electrons. The molecule has 0 unspecified atom stereocenters. The van der Waals surface area contributed by atoms with Crippen LogP contribution in [0, 0.1) is 6.92 Å². The van der Waals surface area contributed by atoms with Crippen LogP contribution in [-0.4, -0.2) is 46.2 Å². The molecule has 3 rings (SSSR count). The molecular weight excluding hydrogens is 424 g/mol. The number of benzene rings is 1. The highest BCUT2D eigenvalue weighted by atomic mass is 32.2. The van der Waals surface area contributed by atoms with E-state index in [4.69, 9.17) is 4.74 Å². The van der Waals surface area contributed by atoms with Crippen molar-refractivity contribution in [2.75, 3.05) is 11.5 Å². The zero-order valence-electron chi connectivity index (χ0n) is 20.1. The highest BCUT2D eigenvalue weighted by Crippen LogP contribution is 2.42. The molecule has 0 saturated carbocycles. The summed E-state index contributed by atoms with van der Waals surface area (Å²) in [6, 6.07) is 3.61. The molecule has 2 aliphatic heterocycles. The molecule has 1 fully saturated rings. The molecule has 0 bridgehead atoms. The number of carbonyl (C=O) groups excluding carboxylic acids is 3. The van der Waals surface area contributed by atoms with Crippen molar-refractivity contribution in [3.63, 3.8) is 0 Å². The number of ether oxygens (including phenoxy) is 1. The Morgan fingerprint density at radius 3 is 2.44 bits per heavy atom. The average molecular weight is 457 g/mol. The largest absolute Gasteiger partial charge is 0.464 e. The van der Waals surface area contributed by atoms with Crippen LogP contribution in [-0.2, 0) is 14.3 Å². The van der Waals surface area contributed by atoms with Gasteiger partial charge in [0.25, 0.3) is 11.1 Å². The SMILES string of the molecule is CCOC(=O)[C@@H](C)N1C(=O)S/C(=C/c2cc3c(cc2C)N(C(C)C)C(C)(C)C=C3C)C1=O. The Balaban J connectivity index is 2.01. The molecule has 0 N–H and O–H groups in total. The van der Waals surface area contributed by atoms with E-state index >= 15 is 0 Å². The predicted octanol–water partition coefficient (Wildman–Crippen LogP) is 5.39. The van der Waals surface area contributed by atoms with E-state index in [1.807, 2.05) is 6.92 Å². The average Bonchev–Trinajstić information content (AvgIpc) is 2.94. The van der Waals surface area contributed by atoms with Crippen LogP contribution in [0.4, 0.5) is 10.5 Å². The molecular formula is C25H32N2O4S. The molecule has 1 atom stereocenters. The summed E-state index contributed by atoms with van der Waals surface area (Å²) in [7, 11) is 0. The van der Waals surface area contributed by atoms with Gasteiger partial charge < -0.3 is 9.64 Å². The van der Waals surface area contributed by atoms with E-state index in [9.17, 15) is 14.4 Å². The van der Waals surface area contributed by atoms with Crippen molar-refractivity contribution in [2.24, 2.45) is 0 Å². The maximum atomic E-state index is 12.9. The van der Waals surface area contributed by atoms with E-state index in [0.717, 1.165) is 33.4 Å². The van der Waals surface area contributed by atoms with Crippen molar-refractivity contribution in [3.05, 3.63) is 39.8 Å². The van der Waals surface area contributed by atoms with Crippen LogP contribution in [0.3, 0.4) is 0 Å². The quantitative estimate of drug-likeness (QED) is 0.437. The fraction of sp³-hybridized carbons (Fsp3) is 0.480. The third kappa shape index (κ3) is 4.22. The number of allylic oxidation sites excluding steroid dienone is 1. The van der Waals surface area contributed by atoms with Gasteiger partial charge in [0.1, 0.15) is 6.04 Å². The lowest BCUT2D eigenvalue weighted by molar-refractivity contribution is -0.150. The van der Waals surface area contributed by atoms with Gasteiger partial charge in [-0.1, -0.05) is 6.08 Å². The molecule has 1 aromatic carbocycles. The summed E-state index contributed by atoms with van der Waals surface area (Å²) in [5, 5.41) is -0.457. The van der Waals surface area contributed by atoms with E-state index in [2.05, 4.69) is 57.7 Å². The van der Waals surface area contributed by atoms with Crippen LogP contribution in [0.1, 0.15) is 65.2 Å². The summed E-state index contributed by atoms with van der Waals surface area (Å²) in [6.07, 6.45) is 4.02. The Bertz CT molecular complexity index is 1040. The number of hydrogen-bond donors (Lipinski definition) is 0. The number of amides is 2. The first kappa shape index (κ1) is 24.1. The van der Waals surface area contributed by atoms with Gasteiger partial charge in [0, 0.05) is 17.3 Å². The molecule has 2 heterocycles. The monoisotopic (exact) mass is 456 g/mol. The number of esters is 1. The standard InChI is InChI=1S/C25H32N2O4S/c1-9-31-23(29)17(6)26-22(28)21(32-24(26)30)12-18-11-19-16(5)13-25(7,8)27(14(2)3)20(19)10-15(18)4/h10-14,17H,9H2,1-8H3/b21-12+/t17-/m1/s1. The van der Waals surface area contributed by atoms with Crippen molar-refractivity contribution in [2.45, 2.75) is 73.0 Å². The molecule has 6 nitrogen and oxygen atoms in total. The Kier molecular flexibility index (Phi) is 6.61. The number of anilines is 1. The van der Waals surface area contributed by atoms with E-state index in [1.54, 1.807) is 13.0 Å².